The first-order valence-electron chi connectivity index (χ1n) is 9.06. The zero-order valence-electron chi connectivity index (χ0n) is 15.9. The molecule has 0 aliphatic rings. The Balaban J connectivity index is 1.47. The van der Waals surface area contributed by atoms with Crippen LogP contribution in [0.2, 0.25) is 0 Å². The molecule has 3 rings (SSSR count). The van der Waals surface area contributed by atoms with E-state index in [9.17, 15) is 0 Å². The second-order valence-corrected chi connectivity index (χ2v) is 7.31. The highest BCUT2D eigenvalue weighted by atomic mass is 32.1. The maximum atomic E-state index is 5.30. The second kappa shape index (κ2) is 9.31. The first-order valence-corrected chi connectivity index (χ1v) is 9.87. The molecular weight excluding hydrogens is 362 g/mol. The summed E-state index contributed by atoms with van der Waals surface area (Å²) in [6, 6.07) is 3.66. The maximum Gasteiger partial charge on any atom is 0.216 e. The average Bonchev–Trinajstić information content (AvgIpc) is 3.37. The van der Waals surface area contributed by atoms with Crippen molar-refractivity contribution in [1.82, 2.24) is 30.8 Å². The largest absolute Gasteiger partial charge is 0.461 e. The lowest BCUT2D eigenvalue weighted by Gasteiger charge is -2.10. The van der Waals surface area contributed by atoms with E-state index < -0.39 is 0 Å². The maximum absolute atomic E-state index is 5.30. The Morgan fingerprint density at radius 3 is 2.85 bits per heavy atom. The lowest BCUT2D eigenvalue weighted by molar-refractivity contribution is 0.577. The third-order valence-corrected chi connectivity index (χ3v) is 5.07. The van der Waals surface area contributed by atoms with Crippen LogP contribution in [0.3, 0.4) is 0 Å². The highest BCUT2D eigenvalue weighted by Gasteiger charge is 2.08. The van der Waals surface area contributed by atoms with E-state index in [1.807, 2.05) is 19.1 Å². The van der Waals surface area contributed by atoms with Gasteiger partial charge < -0.3 is 15.1 Å². The Morgan fingerprint density at radius 1 is 1.26 bits per heavy atom. The van der Waals surface area contributed by atoms with E-state index in [2.05, 4.69) is 49.6 Å². The summed E-state index contributed by atoms with van der Waals surface area (Å²) in [5.74, 6) is 2.84. The van der Waals surface area contributed by atoms with Crippen molar-refractivity contribution in [2.75, 3.05) is 19.6 Å². The molecule has 0 amide bonds. The minimum atomic E-state index is 0.574. The number of hydrogen-bond acceptors (Lipinski definition) is 6. The van der Waals surface area contributed by atoms with Crippen molar-refractivity contribution in [3.05, 3.63) is 39.8 Å². The summed E-state index contributed by atoms with van der Waals surface area (Å²) in [6.45, 7) is 8.42. The van der Waals surface area contributed by atoms with Crippen molar-refractivity contribution < 1.29 is 4.42 Å². The fourth-order valence-electron chi connectivity index (χ4n) is 2.47. The summed E-state index contributed by atoms with van der Waals surface area (Å²) in [5.41, 5.74) is 1.12. The zero-order valence-corrected chi connectivity index (χ0v) is 16.7. The van der Waals surface area contributed by atoms with Crippen molar-refractivity contribution >= 4 is 17.3 Å². The van der Waals surface area contributed by atoms with E-state index in [1.165, 1.54) is 4.88 Å². The summed E-state index contributed by atoms with van der Waals surface area (Å²) in [7, 11) is 0. The minimum absolute atomic E-state index is 0.574. The van der Waals surface area contributed by atoms with Crippen LogP contribution in [0.5, 0.6) is 0 Å². The summed E-state index contributed by atoms with van der Waals surface area (Å²) in [5, 5.41) is 14.8. The number of thiazole rings is 1. The molecule has 0 fully saturated rings. The van der Waals surface area contributed by atoms with Gasteiger partial charge in [0.25, 0.3) is 0 Å². The van der Waals surface area contributed by atoms with Crippen molar-refractivity contribution in [2.24, 2.45) is 4.99 Å². The number of nitrogens with one attached hydrogen (secondary N) is 3. The van der Waals surface area contributed by atoms with E-state index in [-0.39, 0.29) is 0 Å². The zero-order chi connectivity index (χ0) is 19.1. The first kappa shape index (κ1) is 19.1. The van der Waals surface area contributed by atoms with Crippen molar-refractivity contribution in [3.8, 4) is 11.6 Å². The number of guanidine groups is 1. The molecule has 9 heteroatoms. The van der Waals surface area contributed by atoms with Crippen LogP contribution in [0.4, 0.5) is 0 Å². The van der Waals surface area contributed by atoms with E-state index >= 15 is 0 Å². The quantitative estimate of drug-likeness (QED) is 0.405. The monoisotopic (exact) mass is 387 g/mol. The molecule has 144 valence electrons. The standard InChI is InChI=1S/C18H25N7OS/c1-4-19-18(21-10-8-16-22-12(2)13(3)27-16)20-9-7-15-23-17(25-24-15)14-6-5-11-26-14/h5-6,11H,4,7-10H2,1-3H3,(H2,19,20,21)(H,23,24,25). The molecule has 0 saturated carbocycles. The lowest BCUT2D eigenvalue weighted by Crippen LogP contribution is -2.38. The minimum Gasteiger partial charge on any atom is -0.461 e. The van der Waals surface area contributed by atoms with E-state index in [0.717, 1.165) is 35.5 Å². The Labute approximate surface area is 162 Å². The molecule has 0 spiro atoms. The van der Waals surface area contributed by atoms with Crippen LogP contribution in [-0.4, -0.2) is 45.8 Å². The van der Waals surface area contributed by atoms with Gasteiger partial charge in [-0.25, -0.2) is 9.97 Å². The molecule has 0 atom stereocenters. The number of aromatic nitrogens is 4. The van der Waals surface area contributed by atoms with Crippen molar-refractivity contribution in [3.63, 3.8) is 0 Å². The number of rotatable bonds is 8. The van der Waals surface area contributed by atoms with Gasteiger partial charge in [-0.05, 0) is 32.9 Å². The third-order valence-electron chi connectivity index (χ3n) is 3.94. The SMILES string of the molecule is CCNC(=NCCc1nc(C)c(C)s1)NCCc1nc(-c2ccco2)n[nH]1. The van der Waals surface area contributed by atoms with Crippen LogP contribution in [-0.2, 0) is 12.8 Å². The van der Waals surface area contributed by atoms with Crippen molar-refractivity contribution in [2.45, 2.75) is 33.6 Å². The molecule has 8 nitrogen and oxygen atoms in total. The average molecular weight is 388 g/mol. The molecule has 3 heterocycles. The number of nitrogens with zero attached hydrogens (tertiary/aromatic N) is 4. The highest BCUT2D eigenvalue weighted by Crippen LogP contribution is 2.16. The number of H-pyrrole nitrogens is 1. The fraction of sp³-hybridized carbons (Fsp3) is 0.444. The number of aromatic amines is 1. The molecule has 0 saturated heterocycles. The van der Waals surface area contributed by atoms with Gasteiger partial charge in [0, 0.05) is 37.4 Å². The van der Waals surface area contributed by atoms with Gasteiger partial charge in [-0.3, -0.25) is 10.1 Å². The highest BCUT2D eigenvalue weighted by molar-refractivity contribution is 7.11. The topological polar surface area (TPSA) is 104 Å². The summed E-state index contributed by atoms with van der Waals surface area (Å²) < 4.78 is 5.30. The van der Waals surface area contributed by atoms with Crippen LogP contribution in [0, 0.1) is 13.8 Å². The molecule has 0 radical (unpaired) electrons. The van der Waals surface area contributed by atoms with Crippen LogP contribution in [0.1, 0.15) is 28.3 Å². The van der Waals surface area contributed by atoms with Crippen molar-refractivity contribution in [1.29, 1.82) is 0 Å². The molecule has 27 heavy (non-hydrogen) atoms. The molecule has 0 aliphatic carbocycles. The Hall–Kier alpha value is -2.68. The van der Waals surface area contributed by atoms with Gasteiger partial charge in [-0.15, -0.1) is 11.3 Å². The van der Waals surface area contributed by atoms with Crippen LogP contribution in [0.15, 0.2) is 27.8 Å². The number of aliphatic imine (C=N–C) groups is 1. The molecule has 3 aromatic heterocycles. The first-order chi connectivity index (χ1) is 13.2. The van der Waals surface area contributed by atoms with Gasteiger partial charge in [0.1, 0.15) is 5.82 Å². The van der Waals surface area contributed by atoms with Gasteiger partial charge in [-0.2, -0.15) is 5.10 Å². The normalized spacial score (nSPS) is 11.7. The summed E-state index contributed by atoms with van der Waals surface area (Å²) in [4.78, 5) is 14.9. The lowest BCUT2D eigenvalue weighted by atomic mass is 10.4. The third kappa shape index (κ3) is 5.40. The number of hydrogen-bond donors (Lipinski definition) is 3. The Kier molecular flexibility index (Phi) is 6.59. The van der Waals surface area contributed by atoms with Gasteiger partial charge in [-0.1, -0.05) is 0 Å². The van der Waals surface area contributed by atoms with E-state index in [1.54, 1.807) is 17.6 Å². The fourth-order valence-corrected chi connectivity index (χ4v) is 3.40. The van der Waals surface area contributed by atoms with Crippen LogP contribution < -0.4 is 10.6 Å². The number of furan rings is 1. The Morgan fingerprint density at radius 2 is 2.15 bits per heavy atom. The van der Waals surface area contributed by atoms with E-state index in [0.29, 0.717) is 31.1 Å². The second-order valence-electron chi connectivity index (χ2n) is 6.02. The molecule has 0 bridgehead atoms. The molecular formula is C18H25N7OS. The summed E-state index contributed by atoms with van der Waals surface area (Å²) >= 11 is 1.75. The van der Waals surface area contributed by atoms with Crippen LogP contribution in [0.25, 0.3) is 11.6 Å². The number of aryl methyl sites for hydroxylation is 2. The van der Waals surface area contributed by atoms with Crippen LogP contribution >= 0.6 is 11.3 Å². The van der Waals surface area contributed by atoms with E-state index in [4.69, 9.17) is 4.42 Å². The molecule has 3 aromatic rings. The summed E-state index contributed by atoms with van der Waals surface area (Å²) in [6.07, 6.45) is 3.17. The smallest absolute Gasteiger partial charge is 0.216 e. The molecule has 0 unspecified atom stereocenters. The van der Waals surface area contributed by atoms with Gasteiger partial charge in [0.05, 0.1) is 17.0 Å². The molecule has 0 aromatic carbocycles. The Bertz CT molecular complexity index is 847. The predicted octanol–water partition coefficient (Wildman–Crippen LogP) is 2.48. The molecule has 3 N–H and O–H groups in total. The predicted molar refractivity (Wildman–Crippen MR) is 107 cm³/mol. The van der Waals surface area contributed by atoms with Gasteiger partial charge in [0.15, 0.2) is 11.7 Å². The van der Waals surface area contributed by atoms with Gasteiger partial charge in [0.2, 0.25) is 5.82 Å². The van der Waals surface area contributed by atoms with Gasteiger partial charge >= 0.3 is 0 Å². The molecule has 0 aliphatic heterocycles.